The molecule has 0 bridgehead atoms. The largest absolute Gasteiger partial charge is 0.455 e. The van der Waals surface area contributed by atoms with E-state index in [1.165, 1.54) is 44.2 Å². The first kappa shape index (κ1) is 34.4. The van der Waals surface area contributed by atoms with Crippen LogP contribution in [0, 0.1) is 0 Å². The van der Waals surface area contributed by atoms with Gasteiger partial charge in [0.1, 0.15) is 16.7 Å². The van der Waals surface area contributed by atoms with Gasteiger partial charge in [0.25, 0.3) is 0 Å². The van der Waals surface area contributed by atoms with Crippen molar-refractivity contribution in [3.63, 3.8) is 0 Å². The first-order valence-corrected chi connectivity index (χ1v) is 20.5. The summed E-state index contributed by atoms with van der Waals surface area (Å²) in [5, 5.41) is 4.43. The Morgan fingerprint density at radius 1 is 0.450 bits per heavy atom. The fourth-order valence-electron chi connectivity index (χ4n) is 9.61. The maximum atomic E-state index is 6.66. The molecule has 2 heterocycles. The molecule has 0 saturated heterocycles. The van der Waals surface area contributed by atoms with Crippen molar-refractivity contribution < 1.29 is 8.83 Å². The van der Waals surface area contributed by atoms with Crippen molar-refractivity contribution in [1.29, 1.82) is 0 Å². The fourth-order valence-corrected chi connectivity index (χ4v) is 9.61. The standard InChI is InChI=1S/C56H38N2O2/c1-56(2)46-22-9-8-18-44(46)51-47(56)23-12-24-49(51)58(39-29-25-36(26-30-39)42-19-10-16-35-13-6-7-17-41(35)42)40-31-27-37(28-32-40)43-20-11-21-45-52-50(59-53(43)45)34-33-48-54(52)60-55(57-48)38-14-4-3-5-15-38/h3-34H,1-2H3. The van der Waals surface area contributed by atoms with Crippen LogP contribution in [0.5, 0.6) is 0 Å². The first-order valence-electron chi connectivity index (χ1n) is 20.5. The number of anilines is 3. The Morgan fingerprint density at radius 3 is 1.88 bits per heavy atom. The maximum absolute atomic E-state index is 6.66. The quantitative estimate of drug-likeness (QED) is 0.169. The minimum atomic E-state index is -0.124. The molecule has 0 fully saturated rings. The van der Waals surface area contributed by atoms with Crippen molar-refractivity contribution in [3.05, 3.63) is 205 Å². The van der Waals surface area contributed by atoms with E-state index < -0.39 is 0 Å². The summed E-state index contributed by atoms with van der Waals surface area (Å²) in [5.41, 5.74) is 17.0. The Labute approximate surface area is 347 Å². The molecule has 1 aliphatic carbocycles. The molecule has 12 rings (SSSR count). The van der Waals surface area contributed by atoms with Crippen LogP contribution in [-0.4, -0.2) is 4.98 Å². The van der Waals surface area contributed by atoms with Crippen molar-refractivity contribution >= 4 is 60.9 Å². The van der Waals surface area contributed by atoms with E-state index in [2.05, 4.69) is 170 Å². The van der Waals surface area contributed by atoms with Crippen LogP contribution in [0.25, 0.3) is 88.6 Å². The molecule has 0 saturated carbocycles. The van der Waals surface area contributed by atoms with Gasteiger partial charge < -0.3 is 13.7 Å². The van der Waals surface area contributed by atoms with Crippen molar-refractivity contribution in [2.75, 3.05) is 4.90 Å². The number of rotatable bonds is 6. The van der Waals surface area contributed by atoms with Gasteiger partial charge in [-0.3, -0.25) is 0 Å². The van der Waals surface area contributed by atoms with Gasteiger partial charge in [-0.15, -0.1) is 0 Å². The third-order valence-corrected chi connectivity index (χ3v) is 12.5. The molecule has 9 aromatic carbocycles. The van der Waals surface area contributed by atoms with Crippen LogP contribution in [0.3, 0.4) is 0 Å². The number of aromatic nitrogens is 1. The van der Waals surface area contributed by atoms with Crippen molar-refractivity contribution in [3.8, 4) is 44.8 Å². The number of fused-ring (bicyclic) bond motifs is 9. The highest BCUT2D eigenvalue weighted by atomic mass is 16.4. The maximum Gasteiger partial charge on any atom is 0.227 e. The zero-order valence-corrected chi connectivity index (χ0v) is 33.2. The average molecular weight is 771 g/mol. The third-order valence-electron chi connectivity index (χ3n) is 12.5. The van der Waals surface area contributed by atoms with Crippen LogP contribution in [0.15, 0.2) is 203 Å². The van der Waals surface area contributed by atoms with Gasteiger partial charge in [0.2, 0.25) is 5.89 Å². The van der Waals surface area contributed by atoms with E-state index >= 15 is 0 Å². The van der Waals surface area contributed by atoms with Crippen LogP contribution in [0.2, 0.25) is 0 Å². The van der Waals surface area contributed by atoms with Crippen molar-refractivity contribution in [2.45, 2.75) is 19.3 Å². The minimum absolute atomic E-state index is 0.124. The van der Waals surface area contributed by atoms with Gasteiger partial charge in [-0.1, -0.05) is 153 Å². The van der Waals surface area contributed by atoms with Crippen molar-refractivity contribution in [2.24, 2.45) is 0 Å². The summed E-state index contributed by atoms with van der Waals surface area (Å²) in [6.07, 6.45) is 0. The second kappa shape index (κ2) is 13.2. The van der Waals surface area contributed by atoms with E-state index in [1.54, 1.807) is 0 Å². The second-order valence-corrected chi connectivity index (χ2v) is 16.3. The topological polar surface area (TPSA) is 42.4 Å². The number of nitrogens with zero attached hydrogens (tertiary/aromatic N) is 2. The highest BCUT2D eigenvalue weighted by Gasteiger charge is 2.37. The molecular weight excluding hydrogens is 733 g/mol. The molecule has 0 aliphatic heterocycles. The van der Waals surface area contributed by atoms with Gasteiger partial charge >= 0.3 is 0 Å². The summed E-state index contributed by atoms with van der Waals surface area (Å²) in [5.74, 6) is 0.600. The summed E-state index contributed by atoms with van der Waals surface area (Å²) in [7, 11) is 0. The van der Waals surface area contributed by atoms with Crippen LogP contribution in [0.1, 0.15) is 25.0 Å². The lowest BCUT2D eigenvalue weighted by atomic mass is 9.82. The number of para-hydroxylation sites is 1. The van der Waals surface area contributed by atoms with E-state index in [4.69, 9.17) is 13.8 Å². The molecule has 0 unspecified atom stereocenters. The molecule has 0 N–H and O–H groups in total. The monoisotopic (exact) mass is 770 g/mol. The molecule has 1 aliphatic rings. The molecule has 0 atom stereocenters. The normalized spacial score (nSPS) is 13.0. The molecule has 4 heteroatoms. The molecule has 0 radical (unpaired) electrons. The SMILES string of the molecule is CC1(C)c2ccccc2-c2c(N(c3ccc(-c4cccc5ccccc45)cc3)c3ccc(-c4cccc5c4oc4ccc6nc(-c7ccccc7)oc6c45)cc3)cccc21. The van der Waals surface area contributed by atoms with E-state index in [-0.39, 0.29) is 5.41 Å². The Balaban J connectivity index is 0.991. The third kappa shape index (κ3) is 5.20. The van der Waals surface area contributed by atoms with Gasteiger partial charge in [-0.2, -0.15) is 0 Å². The van der Waals surface area contributed by atoms with Crippen LogP contribution in [-0.2, 0) is 5.41 Å². The number of benzene rings is 9. The molecule has 0 spiro atoms. The van der Waals surface area contributed by atoms with Gasteiger partial charge in [0.05, 0.1) is 11.1 Å². The average Bonchev–Trinajstić information content (AvgIpc) is 3.98. The summed E-state index contributed by atoms with van der Waals surface area (Å²) >= 11 is 0. The predicted molar refractivity (Wildman–Crippen MR) is 247 cm³/mol. The zero-order valence-electron chi connectivity index (χ0n) is 33.2. The van der Waals surface area contributed by atoms with Crippen LogP contribution >= 0.6 is 0 Å². The molecule has 4 nitrogen and oxygen atoms in total. The predicted octanol–water partition coefficient (Wildman–Crippen LogP) is 15.7. The number of hydrogen-bond acceptors (Lipinski definition) is 4. The summed E-state index contributed by atoms with van der Waals surface area (Å²) in [4.78, 5) is 7.25. The van der Waals surface area contributed by atoms with E-state index in [1.807, 2.05) is 42.5 Å². The van der Waals surface area contributed by atoms with E-state index in [9.17, 15) is 0 Å². The Hall–Kier alpha value is -7.69. The summed E-state index contributed by atoms with van der Waals surface area (Å²) in [6.45, 7) is 4.68. The Morgan fingerprint density at radius 2 is 1.07 bits per heavy atom. The molecule has 60 heavy (non-hydrogen) atoms. The Bertz CT molecular complexity index is 3440. The fraction of sp³-hybridized carbons (Fsp3) is 0.0536. The molecular formula is C56H38N2O2. The molecule has 2 aromatic heterocycles. The number of hydrogen-bond donors (Lipinski definition) is 0. The molecule has 284 valence electrons. The summed E-state index contributed by atoms with van der Waals surface area (Å²) < 4.78 is 13.1. The van der Waals surface area contributed by atoms with Crippen LogP contribution in [0.4, 0.5) is 17.1 Å². The zero-order chi connectivity index (χ0) is 40.0. The van der Waals surface area contributed by atoms with Gasteiger partial charge in [0.15, 0.2) is 5.58 Å². The lowest BCUT2D eigenvalue weighted by molar-refractivity contribution is 0.622. The minimum Gasteiger partial charge on any atom is -0.455 e. The Kier molecular flexibility index (Phi) is 7.54. The van der Waals surface area contributed by atoms with E-state index in [0.717, 1.165) is 66.8 Å². The highest BCUT2D eigenvalue weighted by molar-refractivity contribution is 6.18. The molecule has 0 amide bonds. The van der Waals surface area contributed by atoms with Gasteiger partial charge in [-0.05, 0) is 98.8 Å². The number of furan rings is 1. The molecule has 11 aromatic rings. The van der Waals surface area contributed by atoms with Gasteiger partial charge in [-0.25, -0.2) is 4.98 Å². The summed E-state index contributed by atoms with van der Waals surface area (Å²) in [6, 6.07) is 69.1. The number of oxazole rings is 1. The smallest absolute Gasteiger partial charge is 0.227 e. The highest BCUT2D eigenvalue weighted by Crippen LogP contribution is 2.54. The van der Waals surface area contributed by atoms with Gasteiger partial charge in [0, 0.05) is 38.9 Å². The van der Waals surface area contributed by atoms with E-state index in [0.29, 0.717) is 5.89 Å². The van der Waals surface area contributed by atoms with Crippen LogP contribution < -0.4 is 4.90 Å². The first-order chi connectivity index (χ1) is 29.5. The lowest BCUT2D eigenvalue weighted by Gasteiger charge is -2.29. The lowest BCUT2D eigenvalue weighted by Crippen LogP contribution is -2.16. The van der Waals surface area contributed by atoms with Crippen molar-refractivity contribution in [1.82, 2.24) is 4.98 Å². The second-order valence-electron chi connectivity index (χ2n) is 16.3.